The molecule has 2 N–H and O–H groups in total. The lowest BCUT2D eigenvalue weighted by molar-refractivity contribution is 0.571. The maximum Gasteiger partial charge on any atom is 0.0399 e. The highest BCUT2D eigenvalue weighted by molar-refractivity contribution is 5.57. The Morgan fingerprint density at radius 1 is 1.25 bits per heavy atom. The van der Waals surface area contributed by atoms with Crippen LogP contribution in [0, 0.1) is 0 Å². The van der Waals surface area contributed by atoms with E-state index in [9.17, 15) is 0 Å². The average Bonchev–Trinajstić information content (AvgIpc) is 2.89. The fourth-order valence-corrected chi connectivity index (χ4v) is 2.67. The zero-order valence-electron chi connectivity index (χ0n) is 9.78. The molecule has 0 spiro atoms. The van der Waals surface area contributed by atoms with E-state index in [1.54, 1.807) is 0 Å². The third kappa shape index (κ3) is 1.94. The highest BCUT2D eigenvalue weighted by atomic mass is 15.1. The van der Waals surface area contributed by atoms with Gasteiger partial charge in [-0.25, -0.2) is 0 Å². The van der Waals surface area contributed by atoms with Crippen molar-refractivity contribution in [2.24, 2.45) is 5.73 Å². The topological polar surface area (TPSA) is 29.3 Å². The summed E-state index contributed by atoms with van der Waals surface area (Å²) in [4.78, 5) is 2.51. The Morgan fingerprint density at radius 2 is 2.06 bits per heavy atom. The summed E-state index contributed by atoms with van der Waals surface area (Å²) < 4.78 is 0. The number of fused-ring (bicyclic) bond motifs is 1. The van der Waals surface area contributed by atoms with Crippen LogP contribution >= 0.6 is 0 Å². The molecule has 86 valence electrons. The van der Waals surface area contributed by atoms with Gasteiger partial charge in [-0.15, -0.1) is 0 Å². The molecule has 1 aromatic carbocycles. The van der Waals surface area contributed by atoms with Gasteiger partial charge in [-0.1, -0.05) is 18.2 Å². The summed E-state index contributed by atoms with van der Waals surface area (Å²) in [6.07, 6.45) is 6.13. The van der Waals surface area contributed by atoms with Crippen LogP contribution in [-0.2, 0) is 6.42 Å². The Balaban J connectivity index is 1.56. The summed E-state index contributed by atoms with van der Waals surface area (Å²) in [5, 5.41) is 0. The van der Waals surface area contributed by atoms with E-state index < -0.39 is 0 Å². The van der Waals surface area contributed by atoms with Gasteiger partial charge in [-0.3, -0.25) is 0 Å². The zero-order chi connectivity index (χ0) is 11.0. The molecule has 0 unspecified atom stereocenters. The van der Waals surface area contributed by atoms with Gasteiger partial charge in [0.2, 0.25) is 0 Å². The Kier molecular flexibility index (Phi) is 2.40. The summed E-state index contributed by atoms with van der Waals surface area (Å²) in [7, 11) is 0. The first-order valence-electron chi connectivity index (χ1n) is 6.39. The van der Waals surface area contributed by atoms with Gasteiger partial charge in [0.25, 0.3) is 0 Å². The van der Waals surface area contributed by atoms with Crippen LogP contribution in [0.2, 0.25) is 0 Å². The number of nitrogens with zero attached hydrogens (tertiary/aromatic N) is 1. The van der Waals surface area contributed by atoms with Gasteiger partial charge in [-0.05, 0) is 43.7 Å². The molecule has 1 fully saturated rings. The minimum Gasteiger partial charge on any atom is -0.371 e. The highest BCUT2D eigenvalue weighted by Gasteiger charge is 2.37. The standard InChI is InChI=1S/C14H20N2/c15-14(8-9-14)7-3-10-16-11-6-12-4-1-2-5-13(12)16/h1-2,4-5H,3,6-11,15H2. The maximum atomic E-state index is 6.11. The van der Waals surface area contributed by atoms with E-state index in [1.165, 1.54) is 56.4 Å². The van der Waals surface area contributed by atoms with Crippen LogP contribution in [-0.4, -0.2) is 18.6 Å². The van der Waals surface area contributed by atoms with Crippen molar-refractivity contribution < 1.29 is 0 Å². The minimum atomic E-state index is 0.221. The van der Waals surface area contributed by atoms with Crippen LogP contribution in [0.25, 0.3) is 0 Å². The molecule has 2 aliphatic rings. The molecule has 0 saturated heterocycles. The zero-order valence-corrected chi connectivity index (χ0v) is 9.78. The van der Waals surface area contributed by atoms with Crippen LogP contribution in [0.3, 0.4) is 0 Å². The second-order valence-corrected chi connectivity index (χ2v) is 5.33. The Bertz CT molecular complexity index is 382. The monoisotopic (exact) mass is 216 g/mol. The SMILES string of the molecule is NC1(CCCN2CCc3ccccc32)CC1. The van der Waals surface area contributed by atoms with Gasteiger partial charge in [0.05, 0.1) is 0 Å². The number of anilines is 1. The van der Waals surface area contributed by atoms with Crippen LogP contribution in [0.4, 0.5) is 5.69 Å². The first kappa shape index (κ1) is 10.2. The van der Waals surface area contributed by atoms with Crippen molar-refractivity contribution in [2.75, 3.05) is 18.0 Å². The van der Waals surface area contributed by atoms with Gasteiger partial charge in [0.1, 0.15) is 0 Å². The van der Waals surface area contributed by atoms with Crippen molar-refractivity contribution in [1.29, 1.82) is 0 Å². The third-order valence-electron chi connectivity index (χ3n) is 3.98. The van der Waals surface area contributed by atoms with E-state index in [0.29, 0.717) is 0 Å². The van der Waals surface area contributed by atoms with Crippen molar-refractivity contribution in [3.05, 3.63) is 29.8 Å². The number of para-hydroxylation sites is 1. The Hall–Kier alpha value is -1.02. The van der Waals surface area contributed by atoms with E-state index in [0.717, 1.165) is 0 Å². The van der Waals surface area contributed by atoms with E-state index >= 15 is 0 Å². The number of nitrogens with two attached hydrogens (primary N) is 1. The minimum absolute atomic E-state index is 0.221. The van der Waals surface area contributed by atoms with Crippen molar-refractivity contribution in [1.82, 2.24) is 0 Å². The Labute approximate surface area is 97.4 Å². The molecule has 1 aliphatic carbocycles. The number of rotatable bonds is 4. The third-order valence-corrected chi connectivity index (χ3v) is 3.98. The van der Waals surface area contributed by atoms with Crippen LogP contribution in [0.5, 0.6) is 0 Å². The maximum absolute atomic E-state index is 6.11. The first-order valence-corrected chi connectivity index (χ1v) is 6.39. The van der Waals surface area contributed by atoms with Crippen LogP contribution in [0.1, 0.15) is 31.2 Å². The van der Waals surface area contributed by atoms with Gasteiger partial charge < -0.3 is 10.6 Å². The van der Waals surface area contributed by atoms with Crippen LogP contribution in [0.15, 0.2) is 24.3 Å². The second kappa shape index (κ2) is 3.77. The lowest BCUT2D eigenvalue weighted by Gasteiger charge is -2.20. The highest BCUT2D eigenvalue weighted by Crippen LogP contribution is 2.37. The van der Waals surface area contributed by atoms with E-state index in [4.69, 9.17) is 5.73 Å². The molecule has 0 amide bonds. The molecule has 0 aromatic heterocycles. The van der Waals surface area contributed by atoms with Gasteiger partial charge in [-0.2, -0.15) is 0 Å². The molecule has 16 heavy (non-hydrogen) atoms. The lowest BCUT2D eigenvalue weighted by Crippen LogP contribution is -2.26. The van der Waals surface area contributed by atoms with E-state index in [1.807, 2.05) is 0 Å². The molecule has 0 atom stereocenters. The first-order chi connectivity index (χ1) is 7.77. The summed E-state index contributed by atoms with van der Waals surface area (Å²) >= 11 is 0. The summed E-state index contributed by atoms with van der Waals surface area (Å²) in [5.74, 6) is 0. The van der Waals surface area contributed by atoms with Crippen molar-refractivity contribution >= 4 is 5.69 Å². The van der Waals surface area contributed by atoms with Gasteiger partial charge in [0, 0.05) is 24.3 Å². The molecule has 1 heterocycles. The molecule has 3 rings (SSSR count). The van der Waals surface area contributed by atoms with E-state index in [2.05, 4.69) is 29.2 Å². The summed E-state index contributed by atoms with van der Waals surface area (Å²) in [6.45, 7) is 2.37. The molecule has 1 saturated carbocycles. The lowest BCUT2D eigenvalue weighted by atomic mass is 10.1. The molecule has 0 radical (unpaired) electrons. The predicted octanol–water partition coefficient (Wildman–Crippen LogP) is 2.32. The molecule has 1 aromatic rings. The fourth-order valence-electron chi connectivity index (χ4n) is 2.67. The largest absolute Gasteiger partial charge is 0.371 e. The summed E-state index contributed by atoms with van der Waals surface area (Å²) in [6, 6.07) is 8.78. The van der Waals surface area contributed by atoms with Crippen molar-refractivity contribution in [2.45, 2.75) is 37.6 Å². The molecule has 2 heteroatoms. The fraction of sp³-hybridized carbons (Fsp3) is 0.571. The number of benzene rings is 1. The molecule has 2 nitrogen and oxygen atoms in total. The van der Waals surface area contributed by atoms with Gasteiger partial charge in [0.15, 0.2) is 0 Å². The second-order valence-electron chi connectivity index (χ2n) is 5.33. The molecule has 1 aliphatic heterocycles. The van der Waals surface area contributed by atoms with Crippen molar-refractivity contribution in [3.63, 3.8) is 0 Å². The smallest absolute Gasteiger partial charge is 0.0399 e. The number of hydrogen-bond donors (Lipinski definition) is 1. The molecule has 0 bridgehead atoms. The number of hydrogen-bond acceptors (Lipinski definition) is 2. The van der Waals surface area contributed by atoms with Crippen molar-refractivity contribution in [3.8, 4) is 0 Å². The molecular weight excluding hydrogens is 196 g/mol. The predicted molar refractivity (Wildman–Crippen MR) is 67.7 cm³/mol. The summed E-state index contributed by atoms with van der Waals surface area (Å²) in [5.41, 5.74) is 9.29. The average molecular weight is 216 g/mol. The van der Waals surface area contributed by atoms with Crippen LogP contribution < -0.4 is 10.6 Å². The van der Waals surface area contributed by atoms with E-state index in [-0.39, 0.29) is 5.54 Å². The van der Waals surface area contributed by atoms with Gasteiger partial charge >= 0.3 is 0 Å². The normalized spacial score (nSPS) is 20.9. The molecular formula is C14H20N2. The Morgan fingerprint density at radius 3 is 2.88 bits per heavy atom. The quantitative estimate of drug-likeness (QED) is 0.837.